The Kier molecular flexibility index (Phi) is 1.89. The molecule has 0 aromatic carbocycles. The van der Waals surface area contributed by atoms with Crippen LogP contribution >= 0.6 is 11.8 Å². The van der Waals surface area contributed by atoms with E-state index in [1.807, 2.05) is 17.3 Å². The van der Waals surface area contributed by atoms with Crippen LogP contribution in [0.1, 0.15) is 6.42 Å². The fourth-order valence-electron chi connectivity index (χ4n) is 3.82. The molecule has 2 heterocycles. The maximum atomic E-state index is 6.10. The Bertz CT molecular complexity index is 375. The standard InChI is InChI=1S/C12H15N2OS/c1-7-14-11-8-2-3-12(4-8,15-7)10(11)9-5-13-6-16-9/h2-3,6-11,14H,1,4-5H2. The lowest BCUT2D eigenvalue weighted by Gasteiger charge is -2.46. The van der Waals surface area contributed by atoms with E-state index in [1.54, 1.807) is 0 Å². The van der Waals surface area contributed by atoms with E-state index in [1.165, 1.54) is 0 Å². The highest BCUT2D eigenvalue weighted by atomic mass is 32.2. The number of hydrogen-bond donors (Lipinski definition) is 1. The lowest BCUT2D eigenvalue weighted by Crippen LogP contribution is -2.60. The Morgan fingerprint density at radius 1 is 1.56 bits per heavy atom. The van der Waals surface area contributed by atoms with Gasteiger partial charge in [-0.2, -0.15) is 0 Å². The van der Waals surface area contributed by atoms with Gasteiger partial charge < -0.3 is 4.74 Å². The molecular weight excluding hydrogens is 220 g/mol. The highest BCUT2D eigenvalue weighted by Gasteiger charge is 2.61. The molecule has 16 heavy (non-hydrogen) atoms. The van der Waals surface area contributed by atoms with Crippen LogP contribution in [0.25, 0.3) is 0 Å². The van der Waals surface area contributed by atoms with Crippen molar-refractivity contribution in [1.29, 1.82) is 0 Å². The number of fused-ring (bicyclic) bond motifs is 3. The second kappa shape index (κ2) is 3.12. The second-order valence-corrected chi connectivity index (χ2v) is 6.24. The van der Waals surface area contributed by atoms with Crippen LogP contribution < -0.4 is 5.32 Å². The number of thioether (sulfide) groups is 1. The SMILES string of the molecule is [CH2]C1NC2C3C=CC(C3)(O1)C2C1CN=CS1. The van der Waals surface area contributed by atoms with Gasteiger partial charge in [-0.15, -0.1) is 11.8 Å². The molecule has 85 valence electrons. The van der Waals surface area contributed by atoms with E-state index in [-0.39, 0.29) is 11.8 Å². The van der Waals surface area contributed by atoms with Crippen LogP contribution in [0, 0.1) is 18.8 Å². The molecule has 1 radical (unpaired) electrons. The molecular formula is C12H15N2OS. The molecule has 2 aliphatic carbocycles. The van der Waals surface area contributed by atoms with E-state index in [9.17, 15) is 0 Å². The van der Waals surface area contributed by atoms with Crippen LogP contribution in [0.5, 0.6) is 0 Å². The Morgan fingerprint density at radius 3 is 3.25 bits per heavy atom. The van der Waals surface area contributed by atoms with Crippen LogP contribution in [0.3, 0.4) is 0 Å². The van der Waals surface area contributed by atoms with Crippen molar-refractivity contribution in [3.63, 3.8) is 0 Å². The van der Waals surface area contributed by atoms with Crippen molar-refractivity contribution in [3.05, 3.63) is 19.1 Å². The van der Waals surface area contributed by atoms with Crippen molar-refractivity contribution in [1.82, 2.24) is 5.32 Å². The van der Waals surface area contributed by atoms with Gasteiger partial charge in [-0.3, -0.25) is 10.3 Å². The van der Waals surface area contributed by atoms with Gasteiger partial charge in [0.25, 0.3) is 0 Å². The number of ether oxygens (including phenoxy) is 1. The van der Waals surface area contributed by atoms with E-state index < -0.39 is 0 Å². The van der Waals surface area contributed by atoms with Crippen molar-refractivity contribution < 1.29 is 4.74 Å². The van der Waals surface area contributed by atoms with Crippen LogP contribution in [0.2, 0.25) is 0 Å². The molecule has 0 aromatic heterocycles. The first-order valence-corrected chi connectivity index (χ1v) is 6.83. The summed E-state index contributed by atoms with van der Waals surface area (Å²) in [4.78, 5) is 4.35. The molecule has 3 bridgehead atoms. The highest BCUT2D eigenvalue weighted by molar-refractivity contribution is 8.12. The number of hydrogen-bond acceptors (Lipinski definition) is 4. The van der Waals surface area contributed by atoms with E-state index in [4.69, 9.17) is 4.74 Å². The van der Waals surface area contributed by atoms with Crippen LogP contribution in [0.15, 0.2) is 17.1 Å². The van der Waals surface area contributed by atoms with Crippen LogP contribution in [-0.2, 0) is 4.74 Å². The average molecular weight is 235 g/mol. The minimum absolute atomic E-state index is 0.0433. The molecule has 6 atom stereocenters. The van der Waals surface area contributed by atoms with E-state index in [2.05, 4.69) is 29.4 Å². The van der Waals surface area contributed by atoms with Gasteiger partial charge in [0.05, 0.1) is 17.7 Å². The molecule has 4 rings (SSSR count). The summed E-state index contributed by atoms with van der Waals surface area (Å²) in [5.41, 5.74) is 1.95. The molecule has 0 amide bonds. The maximum absolute atomic E-state index is 6.10. The molecule has 6 unspecified atom stereocenters. The molecule has 0 aromatic rings. The fourth-order valence-corrected chi connectivity index (χ4v) is 4.89. The number of rotatable bonds is 1. The third-order valence-corrected chi connectivity index (χ3v) is 5.39. The Balaban J connectivity index is 1.71. The molecule has 1 saturated carbocycles. The zero-order valence-electron chi connectivity index (χ0n) is 9.00. The summed E-state index contributed by atoms with van der Waals surface area (Å²) in [7, 11) is 0. The fraction of sp³-hybridized carbons (Fsp3) is 0.667. The topological polar surface area (TPSA) is 33.6 Å². The monoisotopic (exact) mass is 235 g/mol. The third kappa shape index (κ3) is 1.10. The van der Waals surface area contributed by atoms with Gasteiger partial charge in [0.2, 0.25) is 0 Å². The lowest BCUT2D eigenvalue weighted by molar-refractivity contribution is -0.114. The zero-order valence-corrected chi connectivity index (χ0v) is 9.82. The van der Waals surface area contributed by atoms with Crippen LogP contribution in [0.4, 0.5) is 0 Å². The maximum Gasteiger partial charge on any atom is 0.109 e. The molecule has 4 aliphatic rings. The average Bonchev–Trinajstić information content (AvgIpc) is 2.88. The number of aliphatic imine (C=N–C) groups is 1. The lowest BCUT2D eigenvalue weighted by atomic mass is 9.81. The molecule has 2 fully saturated rings. The molecule has 4 heteroatoms. The van der Waals surface area contributed by atoms with Crippen molar-refractivity contribution >= 4 is 17.3 Å². The van der Waals surface area contributed by atoms with Gasteiger partial charge >= 0.3 is 0 Å². The van der Waals surface area contributed by atoms with Gasteiger partial charge in [0, 0.05) is 17.2 Å². The first-order chi connectivity index (χ1) is 7.78. The summed E-state index contributed by atoms with van der Waals surface area (Å²) in [6.07, 6.45) is 5.69. The van der Waals surface area contributed by atoms with Crippen molar-refractivity contribution in [2.45, 2.75) is 29.5 Å². The molecule has 2 aliphatic heterocycles. The zero-order chi connectivity index (χ0) is 10.8. The van der Waals surface area contributed by atoms with Crippen molar-refractivity contribution in [2.75, 3.05) is 6.54 Å². The number of nitrogens with zero attached hydrogens (tertiary/aromatic N) is 1. The van der Waals surface area contributed by atoms with Crippen molar-refractivity contribution in [2.24, 2.45) is 16.8 Å². The summed E-state index contributed by atoms with van der Waals surface area (Å²) in [6.45, 7) is 4.95. The molecule has 1 spiro atoms. The highest BCUT2D eigenvalue weighted by Crippen LogP contribution is 2.55. The predicted octanol–water partition coefficient (Wildman–Crippen LogP) is 1.22. The normalized spacial score (nSPS) is 57.4. The van der Waals surface area contributed by atoms with Gasteiger partial charge in [-0.1, -0.05) is 12.2 Å². The number of nitrogens with one attached hydrogen (secondary N) is 1. The summed E-state index contributed by atoms with van der Waals surface area (Å²) in [6, 6.07) is 0.542. The summed E-state index contributed by atoms with van der Waals surface area (Å²) in [5.74, 6) is 1.20. The van der Waals surface area contributed by atoms with Gasteiger partial charge in [0.15, 0.2) is 0 Å². The predicted molar refractivity (Wildman–Crippen MR) is 65.4 cm³/mol. The van der Waals surface area contributed by atoms with E-state index in [0.717, 1.165) is 13.0 Å². The molecule has 3 nitrogen and oxygen atoms in total. The molecule has 1 N–H and O–H groups in total. The van der Waals surface area contributed by atoms with Crippen LogP contribution in [-0.4, -0.2) is 35.2 Å². The summed E-state index contributed by atoms with van der Waals surface area (Å²) < 4.78 is 6.10. The van der Waals surface area contributed by atoms with Crippen molar-refractivity contribution in [3.8, 4) is 0 Å². The largest absolute Gasteiger partial charge is 0.352 e. The Hall–Kier alpha value is -0.320. The van der Waals surface area contributed by atoms with Gasteiger partial charge in [-0.25, -0.2) is 0 Å². The summed E-state index contributed by atoms with van der Waals surface area (Å²) in [5, 5.41) is 4.09. The van der Waals surface area contributed by atoms with E-state index >= 15 is 0 Å². The van der Waals surface area contributed by atoms with E-state index in [0.29, 0.717) is 23.1 Å². The Labute approximate surface area is 99.7 Å². The summed E-state index contributed by atoms with van der Waals surface area (Å²) >= 11 is 1.87. The minimum Gasteiger partial charge on any atom is -0.352 e. The smallest absolute Gasteiger partial charge is 0.109 e. The third-order valence-electron chi connectivity index (χ3n) is 4.33. The minimum atomic E-state index is -0.0523. The quantitative estimate of drug-likeness (QED) is 0.694. The Morgan fingerprint density at radius 2 is 2.50 bits per heavy atom. The molecule has 1 saturated heterocycles. The first-order valence-electron chi connectivity index (χ1n) is 5.89. The van der Waals surface area contributed by atoms with Gasteiger partial charge in [0.1, 0.15) is 6.23 Å². The first kappa shape index (κ1) is 9.68. The van der Waals surface area contributed by atoms with Gasteiger partial charge in [-0.05, 0) is 19.3 Å². The second-order valence-electron chi connectivity index (χ2n) is 5.15.